The highest BCUT2D eigenvalue weighted by atomic mass is 16.5. The Hall–Kier alpha value is -1.30. The summed E-state index contributed by atoms with van der Waals surface area (Å²) in [6.45, 7) is -0.305. The molecule has 1 atom stereocenters. The molecule has 0 radical (unpaired) electrons. The largest absolute Gasteiger partial charge is 0.480 e. The molecule has 0 bridgehead atoms. The zero-order valence-electron chi connectivity index (χ0n) is 6.61. The Morgan fingerprint density at radius 1 is 1.58 bits per heavy atom. The van der Waals surface area contributed by atoms with Crippen LogP contribution in [0.25, 0.3) is 0 Å². The molecule has 3 N–H and O–H groups in total. The number of aliphatic hydroxyl groups excluding tert-OH is 1. The Bertz CT molecular complexity index is 167. The molecule has 0 aliphatic rings. The molecular formula is C6H11NO5. The van der Waals surface area contributed by atoms with E-state index in [4.69, 9.17) is 10.2 Å². The molecule has 0 aromatic carbocycles. The Labute approximate surface area is 69.1 Å². The van der Waals surface area contributed by atoms with Crippen LogP contribution in [0, 0.1) is 0 Å². The summed E-state index contributed by atoms with van der Waals surface area (Å²) in [5, 5.41) is 18.9. The predicted molar refractivity (Wildman–Crippen MR) is 38.7 cm³/mol. The Kier molecular flexibility index (Phi) is 4.78. The van der Waals surface area contributed by atoms with E-state index in [1.54, 1.807) is 0 Å². The number of methoxy groups -OCH3 is 1. The maximum Gasteiger partial charge on any atom is 0.407 e. The van der Waals surface area contributed by atoms with Crippen LogP contribution in [-0.2, 0) is 9.53 Å². The lowest BCUT2D eigenvalue weighted by molar-refractivity contribution is -0.139. The van der Waals surface area contributed by atoms with Crippen molar-refractivity contribution in [2.45, 2.75) is 12.5 Å². The van der Waals surface area contributed by atoms with Gasteiger partial charge in [-0.25, -0.2) is 9.59 Å². The number of carboxylic acid groups (broad SMARTS) is 1. The van der Waals surface area contributed by atoms with Crippen LogP contribution >= 0.6 is 0 Å². The summed E-state index contributed by atoms with van der Waals surface area (Å²) in [5.74, 6) is -1.20. The van der Waals surface area contributed by atoms with Gasteiger partial charge in [0.25, 0.3) is 0 Å². The van der Waals surface area contributed by atoms with Crippen LogP contribution in [0.15, 0.2) is 0 Å². The minimum Gasteiger partial charge on any atom is -0.480 e. The summed E-state index contributed by atoms with van der Waals surface area (Å²) in [6.07, 6.45) is -0.861. The van der Waals surface area contributed by atoms with Crippen molar-refractivity contribution in [3.05, 3.63) is 0 Å². The van der Waals surface area contributed by atoms with E-state index in [-0.39, 0.29) is 13.0 Å². The number of carbonyl (C=O) groups is 2. The number of rotatable bonds is 4. The third-order valence-electron chi connectivity index (χ3n) is 1.19. The number of nitrogens with one attached hydrogen (secondary N) is 1. The molecule has 0 rings (SSSR count). The van der Waals surface area contributed by atoms with Crippen molar-refractivity contribution in [1.82, 2.24) is 5.32 Å². The Morgan fingerprint density at radius 2 is 2.17 bits per heavy atom. The number of carboxylic acids is 1. The van der Waals surface area contributed by atoms with Gasteiger partial charge in [-0.1, -0.05) is 0 Å². The molecule has 6 nitrogen and oxygen atoms in total. The first-order chi connectivity index (χ1) is 5.61. The van der Waals surface area contributed by atoms with Gasteiger partial charge >= 0.3 is 12.1 Å². The summed E-state index contributed by atoms with van der Waals surface area (Å²) < 4.78 is 4.18. The van der Waals surface area contributed by atoms with Gasteiger partial charge in [-0.2, -0.15) is 0 Å². The minimum atomic E-state index is -1.20. The Balaban J connectivity index is 3.95. The quantitative estimate of drug-likeness (QED) is 0.521. The summed E-state index contributed by atoms with van der Waals surface area (Å²) in [6, 6.07) is -1.09. The SMILES string of the molecule is COC(=O)N[C@@H](CCO)C(=O)O. The molecule has 0 heterocycles. The van der Waals surface area contributed by atoms with Gasteiger partial charge in [-0.3, -0.25) is 0 Å². The lowest BCUT2D eigenvalue weighted by atomic mass is 10.2. The fourth-order valence-corrected chi connectivity index (χ4v) is 0.588. The van der Waals surface area contributed by atoms with Crippen molar-refractivity contribution in [1.29, 1.82) is 0 Å². The summed E-state index contributed by atoms with van der Waals surface area (Å²) in [4.78, 5) is 20.9. The summed E-state index contributed by atoms with van der Waals surface area (Å²) in [7, 11) is 1.13. The highest BCUT2D eigenvalue weighted by molar-refractivity contribution is 5.79. The minimum absolute atomic E-state index is 0.0373. The monoisotopic (exact) mass is 177 g/mol. The number of amides is 1. The topological polar surface area (TPSA) is 95.9 Å². The standard InChI is InChI=1S/C6H11NO5/c1-12-6(11)7-4(2-3-8)5(9)10/h4,8H,2-3H2,1H3,(H,7,11)(H,9,10)/t4-/m0/s1. The summed E-state index contributed by atoms with van der Waals surface area (Å²) >= 11 is 0. The first-order valence-corrected chi connectivity index (χ1v) is 3.30. The van der Waals surface area contributed by atoms with Gasteiger partial charge in [0.05, 0.1) is 7.11 Å². The highest BCUT2D eigenvalue weighted by Gasteiger charge is 2.18. The van der Waals surface area contributed by atoms with Crippen LogP contribution in [0.3, 0.4) is 0 Å². The fourth-order valence-electron chi connectivity index (χ4n) is 0.588. The van der Waals surface area contributed by atoms with Crippen LogP contribution in [0.2, 0.25) is 0 Å². The van der Waals surface area contributed by atoms with E-state index in [9.17, 15) is 9.59 Å². The van der Waals surface area contributed by atoms with Gasteiger partial charge in [0, 0.05) is 13.0 Å². The molecule has 0 unspecified atom stereocenters. The smallest absolute Gasteiger partial charge is 0.407 e. The van der Waals surface area contributed by atoms with Crippen molar-refractivity contribution in [3.8, 4) is 0 Å². The lowest BCUT2D eigenvalue weighted by Gasteiger charge is -2.11. The van der Waals surface area contributed by atoms with Crippen molar-refractivity contribution in [3.63, 3.8) is 0 Å². The zero-order chi connectivity index (χ0) is 9.56. The highest BCUT2D eigenvalue weighted by Crippen LogP contribution is 1.91. The number of ether oxygens (including phenoxy) is 1. The maximum absolute atomic E-state index is 10.5. The van der Waals surface area contributed by atoms with Gasteiger partial charge < -0.3 is 20.3 Å². The van der Waals surface area contributed by atoms with Crippen molar-refractivity contribution < 1.29 is 24.5 Å². The normalized spacial score (nSPS) is 11.8. The first-order valence-electron chi connectivity index (χ1n) is 3.30. The number of alkyl carbamates (subject to hydrolysis) is 1. The van der Waals surface area contributed by atoms with Crippen molar-refractivity contribution in [2.24, 2.45) is 0 Å². The Morgan fingerprint density at radius 3 is 2.50 bits per heavy atom. The molecule has 6 heteroatoms. The van der Waals surface area contributed by atoms with Gasteiger partial charge in [0.2, 0.25) is 0 Å². The first kappa shape index (κ1) is 10.7. The maximum atomic E-state index is 10.5. The van der Waals surface area contributed by atoms with E-state index in [1.807, 2.05) is 5.32 Å². The van der Waals surface area contributed by atoms with Crippen molar-refractivity contribution in [2.75, 3.05) is 13.7 Å². The van der Waals surface area contributed by atoms with E-state index < -0.39 is 18.1 Å². The number of aliphatic hydroxyl groups is 1. The van der Waals surface area contributed by atoms with Crippen molar-refractivity contribution >= 4 is 12.1 Å². The van der Waals surface area contributed by atoms with E-state index in [1.165, 1.54) is 0 Å². The molecule has 70 valence electrons. The van der Waals surface area contributed by atoms with Crippen LogP contribution in [0.1, 0.15) is 6.42 Å². The lowest BCUT2D eigenvalue weighted by Crippen LogP contribution is -2.41. The third-order valence-corrected chi connectivity index (χ3v) is 1.19. The van der Waals surface area contributed by atoms with E-state index >= 15 is 0 Å². The molecule has 0 spiro atoms. The second-order valence-electron chi connectivity index (χ2n) is 2.04. The molecule has 0 aliphatic carbocycles. The van der Waals surface area contributed by atoms with Gasteiger partial charge in [-0.15, -0.1) is 0 Å². The molecule has 0 fully saturated rings. The number of carbonyl (C=O) groups excluding carboxylic acids is 1. The molecular weight excluding hydrogens is 166 g/mol. The molecule has 12 heavy (non-hydrogen) atoms. The van der Waals surface area contributed by atoms with Gasteiger partial charge in [-0.05, 0) is 0 Å². The van der Waals surface area contributed by atoms with E-state index in [0.717, 1.165) is 7.11 Å². The zero-order valence-corrected chi connectivity index (χ0v) is 6.61. The number of hydrogen-bond acceptors (Lipinski definition) is 4. The van der Waals surface area contributed by atoms with Crippen LogP contribution < -0.4 is 5.32 Å². The second-order valence-corrected chi connectivity index (χ2v) is 2.04. The number of aliphatic carboxylic acids is 1. The van der Waals surface area contributed by atoms with Gasteiger partial charge in [0.15, 0.2) is 0 Å². The molecule has 0 saturated heterocycles. The molecule has 1 amide bonds. The molecule has 0 aromatic rings. The number of hydrogen-bond donors (Lipinski definition) is 3. The fraction of sp³-hybridized carbons (Fsp3) is 0.667. The van der Waals surface area contributed by atoms with Crippen LogP contribution in [0.4, 0.5) is 4.79 Å². The molecule has 0 aromatic heterocycles. The summed E-state index contributed by atoms with van der Waals surface area (Å²) in [5.41, 5.74) is 0. The van der Waals surface area contributed by atoms with E-state index in [0.29, 0.717) is 0 Å². The van der Waals surface area contributed by atoms with Crippen LogP contribution in [0.5, 0.6) is 0 Å². The average molecular weight is 177 g/mol. The second kappa shape index (κ2) is 5.36. The van der Waals surface area contributed by atoms with Crippen LogP contribution in [-0.4, -0.2) is 42.0 Å². The van der Waals surface area contributed by atoms with E-state index in [2.05, 4.69) is 4.74 Å². The third kappa shape index (κ3) is 3.77. The molecule has 0 saturated carbocycles. The predicted octanol–water partition coefficient (Wildman–Crippen LogP) is -0.822. The average Bonchev–Trinajstić information content (AvgIpc) is 2.03. The van der Waals surface area contributed by atoms with Gasteiger partial charge in [0.1, 0.15) is 6.04 Å². The molecule has 0 aliphatic heterocycles.